The van der Waals surface area contributed by atoms with Gasteiger partial charge in [0, 0.05) is 12.0 Å². The highest BCUT2D eigenvalue weighted by Crippen LogP contribution is 2.04. The van der Waals surface area contributed by atoms with E-state index in [0.29, 0.717) is 5.57 Å². The summed E-state index contributed by atoms with van der Waals surface area (Å²) in [6, 6.07) is 0. The molecule has 0 aromatic rings. The third-order valence-corrected chi connectivity index (χ3v) is 4.67. The van der Waals surface area contributed by atoms with Crippen LogP contribution in [-0.2, 0) is 9.59 Å². The summed E-state index contributed by atoms with van der Waals surface area (Å²) in [4.78, 5) is 20.5. The van der Waals surface area contributed by atoms with Crippen LogP contribution in [0.2, 0.25) is 0 Å². The molecule has 1 N–H and O–H groups in total. The van der Waals surface area contributed by atoms with Crippen LogP contribution >= 0.6 is 0 Å². The Morgan fingerprint density at radius 3 is 1.16 bits per heavy atom. The lowest BCUT2D eigenvalue weighted by atomic mass is 10.2. The molecule has 0 aromatic heterocycles. The highest BCUT2D eigenvalue weighted by Gasteiger charge is 2.23. The number of hydrogen-bond acceptors (Lipinski definition) is 3. The summed E-state index contributed by atoms with van der Waals surface area (Å²) >= 11 is 0. The summed E-state index contributed by atoms with van der Waals surface area (Å²) in [5, 5.41) is 12.1. The Labute approximate surface area is 247 Å². The number of amides is 1. The minimum absolute atomic E-state index is 0. The molecule has 0 heterocycles. The molecule has 7 nitrogen and oxygen atoms in total. The van der Waals surface area contributed by atoms with Gasteiger partial charge in [-0.2, -0.15) is 0 Å². The van der Waals surface area contributed by atoms with Crippen LogP contribution in [0.1, 0.15) is 20.3 Å². The van der Waals surface area contributed by atoms with Gasteiger partial charge < -0.3 is 53.5 Å². The van der Waals surface area contributed by atoms with Gasteiger partial charge in [-0.05, 0) is 37.3 Å². The maximum atomic E-state index is 11.3. The standard InChI is InChI=1S/C10H20N2O.2C8H16N.C3H4O2.2ClH/c1-7-9(12(4,5)6)11-10(13)8(2)3;2*1-5-7-9(3,4)8-6-2;1-2-3(4)5;;/h9H,2,7H2,1,3-6H3;2*5-6H,1-2,7-8H2,3-4H3;2H,1H2,(H,4,5);2*1H/q;2*+1;;;/p-2. The van der Waals surface area contributed by atoms with Crippen LogP contribution in [0.3, 0.4) is 0 Å². The number of nitrogens with one attached hydrogen (secondary N) is 1. The van der Waals surface area contributed by atoms with Crippen molar-refractivity contribution in [2.24, 2.45) is 0 Å². The third-order valence-electron chi connectivity index (χ3n) is 4.67. The second-order valence-corrected chi connectivity index (χ2v) is 10.6. The Kier molecular flexibility index (Phi) is 34.0. The fraction of sp³-hybridized carbons (Fsp3) is 0.517. The van der Waals surface area contributed by atoms with E-state index in [2.05, 4.69) is 101 Å². The molecule has 0 spiro atoms. The first kappa shape index (κ1) is 48.9. The second kappa shape index (κ2) is 26.4. The fourth-order valence-electron chi connectivity index (χ4n) is 2.66. The predicted octanol–water partition coefficient (Wildman–Crippen LogP) is -3.08. The maximum absolute atomic E-state index is 11.3. The molecular weight excluding hydrogens is 523 g/mol. The molecule has 224 valence electrons. The predicted molar refractivity (Wildman–Crippen MR) is 155 cm³/mol. The average molecular weight is 580 g/mol. The van der Waals surface area contributed by atoms with E-state index >= 15 is 0 Å². The molecule has 1 atom stereocenters. The van der Waals surface area contributed by atoms with Gasteiger partial charge in [0.15, 0.2) is 6.17 Å². The summed E-state index contributed by atoms with van der Waals surface area (Å²) in [6.45, 7) is 29.0. The maximum Gasteiger partial charge on any atom is 0.250 e. The number of carboxylic acid groups (broad SMARTS) is 1. The number of halogens is 2. The van der Waals surface area contributed by atoms with Gasteiger partial charge in [-0.25, -0.2) is 0 Å². The third kappa shape index (κ3) is 36.0. The summed E-state index contributed by atoms with van der Waals surface area (Å²) < 4.78 is 2.63. The number of quaternary nitrogens is 3. The Hall–Kier alpha value is -2.16. The number of nitrogens with zero attached hydrogens (tertiary/aromatic N) is 3. The zero-order valence-electron chi connectivity index (χ0n) is 25.6. The van der Waals surface area contributed by atoms with E-state index in [9.17, 15) is 4.79 Å². The van der Waals surface area contributed by atoms with E-state index in [1.54, 1.807) is 6.92 Å². The Morgan fingerprint density at radius 1 is 0.763 bits per heavy atom. The largest absolute Gasteiger partial charge is 1.00 e. The van der Waals surface area contributed by atoms with Gasteiger partial charge in [0.1, 0.15) is 0 Å². The smallest absolute Gasteiger partial charge is 0.250 e. The molecule has 0 bridgehead atoms. The first-order valence-electron chi connectivity index (χ1n) is 12.0. The minimum atomic E-state index is -1.23. The van der Waals surface area contributed by atoms with E-state index in [0.717, 1.165) is 52.1 Å². The van der Waals surface area contributed by atoms with Gasteiger partial charge >= 0.3 is 0 Å². The number of likely N-dealkylation sites (N-methyl/N-ethyl adjacent to an activating group) is 2. The van der Waals surface area contributed by atoms with Gasteiger partial charge in [-0.1, -0.05) is 46.4 Å². The number of rotatable bonds is 13. The monoisotopic (exact) mass is 578 g/mol. The van der Waals surface area contributed by atoms with Gasteiger partial charge in [-0.15, -0.1) is 0 Å². The van der Waals surface area contributed by atoms with E-state index in [1.165, 1.54) is 0 Å². The fourth-order valence-corrected chi connectivity index (χ4v) is 2.66. The minimum Gasteiger partial charge on any atom is -1.00 e. The molecule has 9 heteroatoms. The number of carbonyl (C=O) groups excluding carboxylic acids is 2. The van der Waals surface area contributed by atoms with Crippen LogP contribution in [0.5, 0.6) is 0 Å². The van der Waals surface area contributed by atoms with E-state index in [1.807, 2.05) is 24.3 Å². The van der Waals surface area contributed by atoms with E-state index in [-0.39, 0.29) is 36.9 Å². The number of carbonyl (C=O) groups is 2. The summed E-state index contributed by atoms with van der Waals surface area (Å²) in [7, 11) is 14.8. The van der Waals surface area contributed by atoms with E-state index in [4.69, 9.17) is 9.90 Å². The van der Waals surface area contributed by atoms with Crippen molar-refractivity contribution in [3.63, 3.8) is 0 Å². The average Bonchev–Trinajstić information content (AvgIpc) is 2.71. The number of carboxylic acids is 1. The van der Waals surface area contributed by atoms with Crippen molar-refractivity contribution in [3.05, 3.63) is 75.4 Å². The SMILES string of the molecule is C=C(C)C(=O)NC(CC)[N+](C)(C)C.C=CC(=O)[O-].C=CC[N+](C)(C)CC=C.C=CC[N+](C)(C)CC=C.[Cl-].[Cl-]. The van der Waals surface area contributed by atoms with Gasteiger partial charge in [0.2, 0.25) is 0 Å². The molecule has 0 aliphatic rings. The van der Waals surface area contributed by atoms with Crippen molar-refractivity contribution >= 4 is 11.9 Å². The first-order chi connectivity index (χ1) is 16.3. The van der Waals surface area contributed by atoms with Crippen LogP contribution in [-0.4, -0.2) is 107 Å². The Morgan fingerprint density at radius 2 is 1.03 bits per heavy atom. The second-order valence-electron chi connectivity index (χ2n) is 10.6. The molecule has 0 saturated carbocycles. The molecule has 0 fully saturated rings. The van der Waals surface area contributed by atoms with Crippen molar-refractivity contribution in [2.45, 2.75) is 26.4 Å². The molecule has 1 unspecified atom stereocenters. The molecule has 38 heavy (non-hydrogen) atoms. The quantitative estimate of drug-likeness (QED) is 0.109. The van der Waals surface area contributed by atoms with Crippen LogP contribution in [0.15, 0.2) is 75.4 Å². The van der Waals surface area contributed by atoms with Crippen LogP contribution in [0.25, 0.3) is 0 Å². The van der Waals surface area contributed by atoms with E-state index < -0.39 is 5.97 Å². The van der Waals surface area contributed by atoms with Crippen LogP contribution in [0.4, 0.5) is 0 Å². The summed E-state index contributed by atoms with van der Waals surface area (Å²) in [6.07, 6.45) is 9.53. The van der Waals surface area contributed by atoms with Gasteiger partial charge in [-0.3, -0.25) is 4.79 Å². The molecule has 0 aliphatic heterocycles. The zero-order chi connectivity index (χ0) is 29.6. The van der Waals surface area contributed by atoms with Crippen LogP contribution in [0, 0.1) is 0 Å². The van der Waals surface area contributed by atoms with Gasteiger partial charge in [0.05, 0.1) is 81.5 Å². The molecule has 1 amide bonds. The highest BCUT2D eigenvalue weighted by atomic mass is 35.5. The molecule has 0 aliphatic carbocycles. The molecular formula is C29H56Cl2N4O3. The Balaban J connectivity index is -0.0000000922. The lowest BCUT2D eigenvalue weighted by Gasteiger charge is -2.33. The summed E-state index contributed by atoms with van der Waals surface area (Å²) in [5.74, 6) is -1.29. The van der Waals surface area contributed by atoms with Crippen molar-refractivity contribution < 1.29 is 53.0 Å². The van der Waals surface area contributed by atoms with Crippen LogP contribution < -0.4 is 35.2 Å². The highest BCUT2D eigenvalue weighted by molar-refractivity contribution is 5.92. The van der Waals surface area contributed by atoms with Gasteiger partial charge in [0.25, 0.3) is 5.91 Å². The molecule has 0 aromatic carbocycles. The normalized spacial score (nSPS) is 10.7. The number of aliphatic carboxylic acids is 1. The summed E-state index contributed by atoms with van der Waals surface area (Å²) in [5.41, 5.74) is 0.562. The lowest BCUT2D eigenvalue weighted by molar-refractivity contribution is -0.898. The van der Waals surface area contributed by atoms with Crippen molar-refractivity contribution in [1.29, 1.82) is 0 Å². The topological polar surface area (TPSA) is 69.2 Å². The first-order valence-corrected chi connectivity index (χ1v) is 12.0. The molecule has 0 saturated heterocycles. The molecule has 0 radical (unpaired) electrons. The Bertz CT molecular complexity index is 661. The zero-order valence-corrected chi connectivity index (χ0v) is 27.1. The number of hydrogen-bond donors (Lipinski definition) is 1. The van der Waals surface area contributed by atoms with Crippen molar-refractivity contribution in [1.82, 2.24) is 5.32 Å². The molecule has 0 rings (SSSR count). The lowest BCUT2D eigenvalue weighted by Crippen LogP contribution is -3.00. The van der Waals surface area contributed by atoms with Crippen molar-refractivity contribution in [2.75, 3.05) is 75.5 Å². The van der Waals surface area contributed by atoms with Crippen molar-refractivity contribution in [3.8, 4) is 0 Å².